The average Bonchev–Trinajstić information content (AvgIpc) is 1.72. The number of likely N-dealkylation sites (tertiary alicyclic amines) is 1. The molecule has 0 spiro atoms. The van der Waals surface area contributed by atoms with Crippen LogP contribution in [-0.2, 0) is 104 Å². The molecule has 1 aliphatic rings. The fourth-order valence-electron chi connectivity index (χ4n) is 10.2. The van der Waals surface area contributed by atoms with Gasteiger partial charge < -0.3 is 123 Å². The molecule has 48 heteroatoms. The van der Waals surface area contributed by atoms with Crippen molar-refractivity contribution in [1.82, 2.24) is 99.3 Å². The van der Waals surface area contributed by atoms with Crippen molar-refractivity contribution < 1.29 is 96.2 Å². The first-order valence-corrected chi connectivity index (χ1v) is 36.3. The van der Waals surface area contributed by atoms with Crippen molar-refractivity contribution in [3.8, 4) is 0 Å². The first-order valence-electron chi connectivity index (χ1n) is 33.8. The second-order valence-corrected chi connectivity index (χ2v) is 26.4. The minimum Gasteiger partial charge on any atom is -0.394 e. The highest BCUT2D eigenvalue weighted by molar-refractivity contribution is 7.80. The summed E-state index contributed by atoms with van der Waals surface area (Å²) in [7, 11) is 0. The normalized spacial score (nSPS) is 16.2. The third-order valence-corrected chi connectivity index (χ3v) is 17.9. The van der Waals surface area contributed by atoms with Crippen LogP contribution >= 0.6 is 50.5 Å². The zero-order valence-corrected chi connectivity index (χ0v) is 63.3. The topological polar surface area (TPSA) is 704 Å². The number of aliphatic hydroxyl groups is 1. The summed E-state index contributed by atoms with van der Waals surface area (Å²) in [5, 5.41) is 43.1. The second-order valence-electron chi connectivity index (χ2n) is 24.9. The SMILES string of the molecule is CC[C@H](C)[C@H](NC(=O)[C@H](Cc1cnc[nH]1)NC(=O)[C@H](CCC(N)=O)NC(=O)[C@H](CC(N)=O)NC(=O)[C@H](CC(N)=O)NC(=O)CNC(=O)[C@H](C)NC(=O)[C@H](CS)NC(=O)[C@H](C)NC(=O)[C@@H]1CCCN1C(=O)[C@H](Cc1cnc[nH]1)NC(=O)[C@H](CO)NC(=O)[C@H](CS)NC(=O)[C@H](CS)NC(=O)CN)C(=O)N[C@@H](CS)C(N)=O. The van der Waals surface area contributed by atoms with Gasteiger partial charge in [-0.05, 0) is 39.0 Å². The number of nitrogens with one attached hydrogen (secondary N) is 16. The van der Waals surface area contributed by atoms with Crippen molar-refractivity contribution in [2.24, 2.45) is 34.6 Å². The van der Waals surface area contributed by atoms with E-state index in [1.165, 1.54) is 38.9 Å². The standard InChI is InChI=1S/C61H96N24O20S4/c1-5-26(2)47(60(104)81-37(20-106)48(66)92)84-54(98)32(11-29-16-67-24-70-29)77-51(95)31(8-9-42(63)87)76-53(97)34(14-44(65)89)78-52(96)33(13-43(64)88)74-46(91)18-69-49(93)27(3)72-56(100)39(22-108)82-50(94)28(4)73-59(103)41-7-6-10-85(41)61(105)35(12-30-17-68-25-71-30)79-55(99)36(19-86)80-58(102)40(23-109)83-57(101)38(21-107)75-45(90)15-62/h16-17,24-28,31-41,47,86,106-109H,5-15,18-23,62H2,1-4H3,(H2,63,87)(H2,64,88)(H2,65,89)(H2,66,92)(H,67,70)(H,68,71)(H,69,93)(H,72,100)(H,73,103)(H,74,91)(H,75,90)(H,76,97)(H,77,95)(H,78,96)(H,79,99)(H,80,102)(H,81,104)(H,82,94)(H,83,101)(H,84,98)/t26-,27-,28-,31-,32-,33-,34-,35-,36-,37-,38-,39-,40-,41-,47-/m0/s1. The molecule has 27 N–H and O–H groups in total. The van der Waals surface area contributed by atoms with Gasteiger partial charge in [-0.25, -0.2) is 9.97 Å². The van der Waals surface area contributed by atoms with Gasteiger partial charge >= 0.3 is 0 Å². The Balaban J connectivity index is 1.68. The summed E-state index contributed by atoms with van der Waals surface area (Å²) in [4.78, 5) is 266. The van der Waals surface area contributed by atoms with Gasteiger partial charge in [0.1, 0.15) is 84.6 Å². The summed E-state index contributed by atoms with van der Waals surface area (Å²) < 4.78 is 0. The van der Waals surface area contributed by atoms with Crippen LogP contribution in [0.3, 0.4) is 0 Å². The van der Waals surface area contributed by atoms with E-state index in [4.69, 9.17) is 28.7 Å². The Kier molecular flexibility index (Phi) is 39.9. The predicted molar refractivity (Wildman–Crippen MR) is 395 cm³/mol. The third-order valence-electron chi connectivity index (χ3n) is 16.5. The number of aromatic amines is 2. The molecule has 19 amide bonds. The lowest BCUT2D eigenvalue weighted by atomic mass is 9.97. The summed E-state index contributed by atoms with van der Waals surface area (Å²) in [5.41, 5.74) is 27.5. The van der Waals surface area contributed by atoms with Crippen LogP contribution in [-0.4, -0.2) is 276 Å². The number of amides is 19. The number of thiol groups is 4. The molecule has 1 aliphatic heterocycles. The second kappa shape index (κ2) is 46.8. The Hall–Kier alpha value is -10.3. The number of carbonyl (C=O) groups is 19. The Morgan fingerprint density at radius 1 is 0.495 bits per heavy atom. The number of imidazole rings is 2. The molecule has 0 radical (unpaired) electrons. The maximum atomic E-state index is 14.4. The lowest BCUT2D eigenvalue weighted by Gasteiger charge is -2.30. The van der Waals surface area contributed by atoms with Crippen molar-refractivity contribution in [2.75, 3.05) is 49.3 Å². The van der Waals surface area contributed by atoms with Crippen LogP contribution in [0.25, 0.3) is 0 Å². The van der Waals surface area contributed by atoms with E-state index in [1.807, 2.05) is 0 Å². The van der Waals surface area contributed by atoms with Gasteiger partial charge in [0.15, 0.2) is 0 Å². The van der Waals surface area contributed by atoms with Gasteiger partial charge in [-0.1, -0.05) is 20.3 Å². The average molecular weight is 1610 g/mol. The fraction of sp³-hybridized carbons (Fsp3) is 0.590. The van der Waals surface area contributed by atoms with Crippen LogP contribution in [0.2, 0.25) is 0 Å². The quantitative estimate of drug-likeness (QED) is 0.0274. The number of carbonyl (C=O) groups excluding carboxylic acids is 19. The largest absolute Gasteiger partial charge is 0.394 e. The number of aromatic nitrogens is 4. The number of hydrogen-bond donors (Lipinski definition) is 26. The fourth-order valence-corrected chi connectivity index (χ4v) is 11.3. The zero-order valence-electron chi connectivity index (χ0n) is 59.7. The van der Waals surface area contributed by atoms with Gasteiger partial charge in [-0.2, -0.15) is 50.5 Å². The summed E-state index contributed by atoms with van der Waals surface area (Å²) in [6.07, 6.45) is 2.21. The highest BCUT2D eigenvalue weighted by Crippen LogP contribution is 2.21. The van der Waals surface area contributed by atoms with Crippen molar-refractivity contribution >= 4 is 163 Å². The maximum absolute atomic E-state index is 14.4. The van der Waals surface area contributed by atoms with Crippen molar-refractivity contribution in [1.29, 1.82) is 0 Å². The third kappa shape index (κ3) is 31.1. The molecule has 0 saturated carbocycles. The lowest BCUT2D eigenvalue weighted by Crippen LogP contribution is -2.61. The smallest absolute Gasteiger partial charge is 0.246 e. The number of hydrogen-bond acceptors (Lipinski definition) is 27. The maximum Gasteiger partial charge on any atom is 0.246 e. The number of nitrogens with zero attached hydrogens (tertiary/aromatic N) is 3. The predicted octanol–water partition coefficient (Wildman–Crippen LogP) is -12.4. The van der Waals surface area contributed by atoms with E-state index in [0.717, 1.165) is 4.90 Å². The van der Waals surface area contributed by atoms with E-state index in [0.29, 0.717) is 12.1 Å². The van der Waals surface area contributed by atoms with Crippen molar-refractivity contribution in [2.45, 2.75) is 170 Å². The highest BCUT2D eigenvalue weighted by Gasteiger charge is 2.42. The number of primary amides is 4. The van der Waals surface area contributed by atoms with E-state index < -0.39 is 254 Å². The molecule has 0 aliphatic carbocycles. The molecule has 2 aromatic rings. The van der Waals surface area contributed by atoms with Crippen molar-refractivity contribution in [3.63, 3.8) is 0 Å². The van der Waals surface area contributed by atoms with E-state index in [1.54, 1.807) is 13.8 Å². The molecule has 3 rings (SSSR count). The molecule has 0 aromatic carbocycles. The molecular formula is C61H96N24O20S4. The first kappa shape index (κ1) is 92.9. The Bertz CT molecular complexity index is 3560. The molecule has 3 heterocycles. The van der Waals surface area contributed by atoms with Crippen LogP contribution in [0.4, 0.5) is 0 Å². The Morgan fingerprint density at radius 2 is 0.917 bits per heavy atom. The molecule has 15 atom stereocenters. The summed E-state index contributed by atoms with van der Waals surface area (Å²) in [6.45, 7) is 3.32. The molecule has 0 bridgehead atoms. The van der Waals surface area contributed by atoms with Crippen LogP contribution in [0.5, 0.6) is 0 Å². The van der Waals surface area contributed by atoms with Gasteiger partial charge in [0.2, 0.25) is 112 Å². The summed E-state index contributed by atoms with van der Waals surface area (Å²) >= 11 is 16.3. The molecular weight excluding hydrogens is 1520 g/mol. The van der Waals surface area contributed by atoms with Gasteiger partial charge in [0.25, 0.3) is 0 Å². The minimum atomic E-state index is -2.01. The number of aliphatic hydroxyl groups excluding tert-OH is 1. The number of nitrogens with two attached hydrogens (primary N) is 5. The summed E-state index contributed by atoms with van der Waals surface area (Å²) in [6, 6.07) is -21.3. The molecule has 109 heavy (non-hydrogen) atoms. The van der Waals surface area contributed by atoms with Gasteiger partial charge in [0.05, 0.1) is 45.2 Å². The summed E-state index contributed by atoms with van der Waals surface area (Å²) in [5.74, 6) is -20.9. The number of H-pyrrole nitrogens is 2. The van der Waals surface area contributed by atoms with Gasteiger partial charge in [0, 0.05) is 72.6 Å². The van der Waals surface area contributed by atoms with Gasteiger partial charge in [-0.3, -0.25) is 91.1 Å². The molecule has 0 unspecified atom stereocenters. The molecule has 604 valence electrons. The Morgan fingerprint density at radius 3 is 1.41 bits per heavy atom. The first-order chi connectivity index (χ1) is 51.4. The van der Waals surface area contributed by atoms with Crippen molar-refractivity contribution in [3.05, 3.63) is 36.4 Å². The zero-order chi connectivity index (χ0) is 81.9. The monoisotopic (exact) mass is 1610 g/mol. The van der Waals surface area contributed by atoms with Gasteiger partial charge in [-0.15, -0.1) is 0 Å². The number of rotatable bonds is 48. The van der Waals surface area contributed by atoms with Crippen LogP contribution in [0.1, 0.15) is 84.0 Å². The molecule has 1 saturated heterocycles. The Labute approximate surface area is 645 Å². The minimum absolute atomic E-state index is 0.0170. The molecule has 2 aromatic heterocycles. The van der Waals surface area contributed by atoms with E-state index in [9.17, 15) is 96.2 Å². The molecule has 44 nitrogen and oxygen atoms in total. The van der Waals surface area contributed by atoms with Crippen LogP contribution in [0, 0.1) is 5.92 Å². The van der Waals surface area contributed by atoms with E-state index >= 15 is 0 Å². The van der Waals surface area contributed by atoms with E-state index in [-0.39, 0.29) is 55.2 Å². The lowest BCUT2D eigenvalue weighted by molar-refractivity contribution is -0.142. The highest BCUT2D eigenvalue weighted by atomic mass is 32.1. The molecule has 1 fully saturated rings. The van der Waals surface area contributed by atoms with E-state index in [2.05, 4.69) is 145 Å². The van der Waals surface area contributed by atoms with Crippen LogP contribution in [0.15, 0.2) is 25.0 Å². The van der Waals surface area contributed by atoms with Crippen LogP contribution < -0.4 is 103 Å².